The second kappa shape index (κ2) is 8.23. The minimum atomic E-state index is -3.67. The number of nitrogens with zero attached hydrogens (tertiary/aromatic N) is 1. The Balaban J connectivity index is 3.14. The summed E-state index contributed by atoms with van der Waals surface area (Å²) < 4.78 is 35.7. The molecular formula is C16H26N2O5S. The summed E-state index contributed by atoms with van der Waals surface area (Å²) in [6.45, 7) is 5.51. The van der Waals surface area contributed by atoms with Crippen LogP contribution in [0.5, 0.6) is 11.5 Å². The van der Waals surface area contributed by atoms with Gasteiger partial charge in [-0.2, -0.15) is 0 Å². The zero-order valence-corrected chi connectivity index (χ0v) is 15.8. The van der Waals surface area contributed by atoms with Crippen LogP contribution in [0, 0.1) is 5.92 Å². The molecule has 1 unspecified atom stereocenters. The normalized spacial score (nSPS) is 12.6. The Bertz CT molecular complexity index is 673. The molecule has 24 heavy (non-hydrogen) atoms. The highest BCUT2D eigenvalue weighted by Gasteiger charge is 2.25. The van der Waals surface area contributed by atoms with Gasteiger partial charge in [-0.15, -0.1) is 0 Å². The molecule has 0 radical (unpaired) electrons. The Labute approximate surface area is 144 Å². The lowest BCUT2D eigenvalue weighted by molar-refractivity contribution is -0.120. The van der Waals surface area contributed by atoms with E-state index in [9.17, 15) is 13.2 Å². The van der Waals surface area contributed by atoms with E-state index in [0.717, 1.165) is 10.6 Å². The van der Waals surface area contributed by atoms with Crippen molar-refractivity contribution >= 4 is 21.6 Å². The van der Waals surface area contributed by atoms with E-state index in [1.165, 1.54) is 14.2 Å². The van der Waals surface area contributed by atoms with Crippen LogP contribution in [0.1, 0.15) is 20.8 Å². The Morgan fingerprint density at radius 2 is 1.83 bits per heavy atom. The Kier molecular flexibility index (Phi) is 6.89. The van der Waals surface area contributed by atoms with E-state index < -0.39 is 10.0 Å². The summed E-state index contributed by atoms with van der Waals surface area (Å²) in [5.74, 6) is 0.710. The number of hydrogen-bond donors (Lipinski definition) is 1. The van der Waals surface area contributed by atoms with Gasteiger partial charge < -0.3 is 14.8 Å². The number of methoxy groups -OCH3 is 2. The van der Waals surface area contributed by atoms with Crippen molar-refractivity contribution in [3.05, 3.63) is 18.2 Å². The smallest absolute Gasteiger partial charge is 0.240 e. The lowest BCUT2D eigenvalue weighted by Gasteiger charge is -2.25. The van der Waals surface area contributed by atoms with Crippen molar-refractivity contribution in [3.8, 4) is 11.5 Å². The topological polar surface area (TPSA) is 84.9 Å². The molecule has 8 heteroatoms. The summed E-state index contributed by atoms with van der Waals surface area (Å²) in [6, 6.07) is 4.68. The molecule has 0 aliphatic carbocycles. The fourth-order valence-electron chi connectivity index (χ4n) is 1.97. The van der Waals surface area contributed by atoms with Crippen LogP contribution in [0.2, 0.25) is 0 Å². The maximum atomic E-state index is 12.2. The monoisotopic (exact) mass is 358 g/mol. The van der Waals surface area contributed by atoms with E-state index in [-0.39, 0.29) is 30.1 Å². The van der Waals surface area contributed by atoms with Gasteiger partial charge in [-0.1, -0.05) is 13.8 Å². The van der Waals surface area contributed by atoms with Crippen LogP contribution in [0.15, 0.2) is 18.2 Å². The van der Waals surface area contributed by atoms with Crippen molar-refractivity contribution in [1.82, 2.24) is 5.32 Å². The molecule has 0 saturated heterocycles. The number of benzene rings is 1. The Morgan fingerprint density at radius 3 is 2.29 bits per heavy atom. The minimum Gasteiger partial charge on any atom is -0.497 e. The van der Waals surface area contributed by atoms with Gasteiger partial charge in [-0.25, -0.2) is 8.42 Å². The van der Waals surface area contributed by atoms with E-state index in [4.69, 9.17) is 9.47 Å². The first-order valence-corrected chi connectivity index (χ1v) is 9.44. The average Bonchev–Trinajstić information content (AvgIpc) is 2.50. The number of carbonyl (C=O) groups excluding carboxylic acids is 1. The molecule has 0 aliphatic rings. The van der Waals surface area contributed by atoms with Gasteiger partial charge in [0.25, 0.3) is 0 Å². The molecule has 0 fully saturated rings. The second-order valence-corrected chi connectivity index (χ2v) is 7.81. The van der Waals surface area contributed by atoms with E-state index in [2.05, 4.69) is 5.32 Å². The van der Waals surface area contributed by atoms with Crippen LogP contribution in [0.25, 0.3) is 0 Å². The summed E-state index contributed by atoms with van der Waals surface area (Å²) in [7, 11) is -0.736. The van der Waals surface area contributed by atoms with Gasteiger partial charge in [0.2, 0.25) is 15.9 Å². The largest absolute Gasteiger partial charge is 0.497 e. The van der Waals surface area contributed by atoms with E-state index in [1.807, 2.05) is 20.8 Å². The van der Waals surface area contributed by atoms with E-state index in [1.54, 1.807) is 18.2 Å². The first kappa shape index (κ1) is 20.1. The summed E-state index contributed by atoms with van der Waals surface area (Å²) in [6.07, 6.45) is 1.05. The molecule has 1 aromatic rings. The highest BCUT2D eigenvalue weighted by molar-refractivity contribution is 7.92. The van der Waals surface area contributed by atoms with Crippen LogP contribution in [-0.2, 0) is 14.8 Å². The number of nitrogens with one attached hydrogen (secondary N) is 1. The molecule has 1 aromatic carbocycles. The van der Waals surface area contributed by atoms with Crippen LogP contribution >= 0.6 is 0 Å². The molecule has 0 heterocycles. The van der Waals surface area contributed by atoms with Gasteiger partial charge in [-0.3, -0.25) is 9.10 Å². The average molecular weight is 358 g/mol. The molecule has 136 valence electrons. The highest BCUT2D eigenvalue weighted by atomic mass is 32.2. The van der Waals surface area contributed by atoms with Gasteiger partial charge >= 0.3 is 0 Å². The van der Waals surface area contributed by atoms with Crippen LogP contribution < -0.4 is 19.1 Å². The van der Waals surface area contributed by atoms with Gasteiger partial charge in [0, 0.05) is 12.1 Å². The maximum Gasteiger partial charge on any atom is 0.240 e. The van der Waals surface area contributed by atoms with Gasteiger partial charge in [0.15, 0.2) is 0 Å². The Morgan fingerprint density at radius 1 is 1.21 bits per heavy atom. The molecule has 0 saturated carbocycles. The summed E-state index contributed by atoms with van der Waals surface area (Å²) in [4.78, 5) is 12.2. The predicted octanol–water partition coefficient (Wildman–Crippen LogP) is 1.63. The second-order valence-electron chi connectivity index (χ2n) is 5.91. The maximum absolute atomic E-state index is 12.2. The number of sulfonamides is 1. The van der Waals surface area contributed by atoms with Crippen molar-refractivity contribution in [2.45, 2.75) is 26.8 Å². The Hall–Kier alpha value is -1.96. The third-order valence-electron chi connectivity index (χ3n) is 3.73. The highest BCUT2D eigenvalue weighted by Crippen LogP contribution is 2.33. The zero-order valence-electron chi connectivity index (χ0n) is 15.0. The van der Waals surface area contributed by atoms with Crippen molar-refractivity contribution in [3.63, 3.8) is 0 Å². The molecule has 1 N–H and O–H groups in total. The molecule has 0 bridgehead atoms. The fourth-order valence-corrected chi connectivity index (χ4v) is 2.83. The summed E-state index contributed by atoms with van der Waals surface area (Å²) in [5, 5.41) is 2.80. The van der Waals surface area contributed by atoms with E-state index >= 15 is 0 Å². The molecule has 0 spiro atoms. The van der Waals surface area contributed by atoms with Gasteiger partial charge in [0.1, 0.15) is 18.0 Å². The van der Waals surface area contributed by atoms with Crippen molar-refractivity contribution in [2.75, 3.05) is 31.3 Å². The molecular weight excluding hydrogens is 332 g/mol. The third-order valence-corrected chi connectivity index (χ3v) is 4.86. The fraction of sp³-hybridized carbons (Fsp3) is 0.562. The zero-order chi connectivity index (χ0) is 18.5. The first-order chi connectivity index (χ1) is 11.1. The third kappa shape index (κ3) is 5.30. The van der Waals surface area contributed by atoms with Gasteiger partial charge in [-0.05, 0) is 25.0 Å². The molecule has 1 atom stereocenters. The molecule has 1 amide bonds. The van der Waals surface area contributed by atoms with Crippen molar-refractivity contribution < 1.29 is 22.7 Å². The van der Waals surface area contributed by atoms with Gasteiger partial charge in [0.05, 0.1) is 26.2 Å². The quantitative estimate of drug-likeness (QED) is 0.763. The first-order valence-electron chi connectivity index (χ1n) is 7.59. The van der Waals surface area contributed by atoms with Crippen LogP contribution in [-0.4, -0.2) is 47.4 Å². The minimum absolute atomic E-state index is 0.0586. The lowest BCUT2D eigenvalue weighted by Crippen LogP contribution is -2.44. The number of amides is 1. The van der Waals surface area contributed by atoms with Crippen LogP contribution in [0.4, 0.5) is 5.69 Å². The number of ether oxygens (including phenoxy) is 2. The number of anilines is 1. The van der Waals surface area contributed by atoms with Crippen molar-refractivity contribution in [1.29, 1.82) is 0 Å². The molecule has 0 aliphatic heterocycles. The predicted molar refractivity (Wildman–Crippen MR) is 94.2 cm³/mol. The molecule has 7 nitrogen and oxygen atoms in total. The van der Waals surface area contributed by atoms with Crippen molar-refractivity contribution in [2.24, 2.45) is 5.92 Å². The van der Waals surface area contributed by atoms with Crippen LogP contribution in [0.3, 0.4) is 0 Å². The standard InChI is InChI=1S/C16H26N2O5S/c1-11(2)12(3)17-16(19)10-18(24(6,20)21)14-8-7-13(22-4)9-15(14)23-5/h7-9,11-12H,10H2,1-6H3,(H,17,19). The van der Waals surface area contributed by atoms with E-state index in [0.29, 0.717) is 11.5 Å². The summed E-state index contributed by atoms with van der Waals surface area (Å²) >= 11 is 0. The number of rotatable bonds is 8. The molecule has 0 aromatic heterocycles. The number of hydrogen-bond acceptors (Lipinski definition) is 5. The lowest BCUT2D eigenvalue weighted by atomic mass is 10.1. The number of carbonyl (C=O) groups is 1. The summed E-state index contributed by atoms with van der Waals surface area (Å²) in [5.41, 5.74) is 0.285. The SMILES string of the molecule is COc1ccc(N(CC(=O)NC(C)C(C)C)S(C)(=O)=O)c(OC)c1. The molecule has 1 rings (SSSR count).